The van der Waals surface area contributed by atoms with Crippen molar-refractivity contribution in [1.29, 1.82) is 0 Å². The molecular formula is C17H26. The van der Waals surface area contributed by atoms with Crippen molar-refractivity contribution in [3.05, 3.63) is 0 Å². The van der Waals surface area contributed by atoms with Crippen molar-refractivity contribution in [2.75, 3.05) is 0 Å². The Morgan fingerprint density at radius 1 is 0.471 bits per heavy atom. The molecule has 0 N–H and O–H groups in total. The second-order valence-electron chi connectivity index (χ2n) is 8.07. The lowest BCUT2D eigenvalue weighted by molar-refractivity contribution is 0.0141. The zero-order valence-corrected chi connectivity index (χ0v) is 11.0. The van der Waals surface area contributed by atoms with Crippen LogP contribution in [0.2, 0.25) is 0 Å². The standard InChI is InChI=1S/C17H26/c1-2-10-4-6-13-12(3-1)9-15(13)17-14-7-5-11(10)8-16(14)17/h10-17H,1-9H2. The SMILES string of the molecule is C1CC2CCC3C(C1)CC3C1C3CCC2CC31. The Bertz CT molecular complexity index is 329. The highest BCUT2D eigenvalue weighted by Crippen LogP contribution is 2.69. The lowest BCUT2D eigenvalue weighted by atomic mass is 9.57. The minimum atomic E-state index is 1.15. The maximum absolute atomic E-state index is 1.66. The van der Waals surface area contributed by atoms with E-state index in [2.05, 4.69) is 0 Å². The van der Waals surface area contributed by atoms with E-state index in [0.717, 1.165) is 11.8 Å². The summed E-state index contributed by atoms with van der Waals surface area (Å²) in [5, 5.41) is 0. The molecule has 0 heteroatoms. The third kappa shape index (κ3) is 1.25. The first kappa shape index (κ1) is 9.87. The average Bonchev–Trinajstić information content (AvgIpc) is 2.99. The molecule has 4 bridgehead atoms. The maximum Gasteiger partial charge on any atom is -0.0321 e. The molecule has 0 saturated heterocycles. The van der Waals surface area contributed by atoms with Gasteiger partial charge in [-0.15, -0.1) is 0 Å². The van der Waals surface area contributed by atoms with E-state index in [-0.39, 0.29) is 0 Å². The van der Waals surface area contributed by atoms with Crippen LogP contribution in [0.5, 0.6) is 0 Å². The molecule has 0 amide bonds. The Morgan fingerprint density at radius 2 is 1.18 bits per heavy atom. The van der Waals surface area contributed by atoms with Gasteiger partial charge in [-0.3, -0.25) is 0 Å². The maximum atomic E-state index is 1.66. The number of hydrogen-bond donors (Lipinski definition) is 0. The fourth-order valence-corrected chi connectivity index (χ4v) is 6.89. The minimum absolute atomic E-state index is 1.15. The Morgan fingerprint density at radius 3 is 2.18 bits per heavy atom. The summed E-state index contributed by atoms with van der Waals surface area (Å²) >= 11 is 0. The van der Waals surface area contributed by atoms with Crippen molar-refractivity contribution in [3.63, 3.8) is 0 Å². The first-order chi connectivity index (χ1) is 8.42. The van der Waals surface area contributed by atoms with Crippen molar-refractivity contribution in [1.82, 2.24) is 0 Å². The van der Waals surface area contributed by atoms with Crippen LogP contribution in [0.3, 0.4) is 0 Å². The molecule has 5 fully saturated rings. The molecule has 0 aromatic heterocycles. The van der Waals surface area contributed by atoms with Gasteiger partial charge in [0.2, 0.25) is 0 Å². The number of fused-ring (bicyclic) bond motifs is 6. The summed E-state index contributed by atoms with van der Waals surface area (Å²) in [6.45, 7) is 0. The van der Waals surface area contributed by atoms with Gasteiger partial charge in [0.15, 0.2) is 0 Å². The topological polar surface area (TPSA) is 0 Å². The molecule has 0 radical (unpaired) electrons. The van der Waals surface area contributed by atoms with Crippen molar-refractivity contribution in [2.45, 2.75) is 57.8 Å². The summed E-state index contributed by atoms with van der Waals surface area (Å²) < 4.78 is 0. The third-order valence-corrected chi connectivity index (χ3v) is 7.76. The first-order valence-corrected chi connectivity index (χ1v) is 8.42. The molecule has 0 spiro atoms. The molecule has 8 atom stereocenters. The fourth-order valence-electron chi connectivity index (χ4n) is 6.89. The van der Waals surface area contributed by atoms with E-state index in [1.54, 1.807) is 57.8 Å². The van der Waals surface area contributed by atoms with Crippen LogP contribution in [0, 0.1) is 47.3 Å². The van der Waals surface area contributed by atoms with Gasteiger partial charge in [-0.25, -0.2) is 0 Å². The summed E-state index contributed by atoms with van der Waals surface area (Å²) in [4.78, 5) is 0. The van der Waals surface area contributed by atoms with Gasteiger partial charge in [-0.1, -0.05) is 19.3 Å². The van der Waals surface area contributed by atoms with Gasteiger partial charge in [0, 0.05) is 0 Å². The van der Waals surface area contributed by atoms with Crippen LogP contribution in [0.25, 0.3) is 0 Å². The van der Waals surface area contributed by atoms with Gasteiger partial charge in [0.05, 0.1) is 0 Å². The molecule has 0 aliphatic heterocycles. The third-order valence-electron chi connectivity index (χ3n) is 7.76. The van der Waals surface area contributed by atoms with Crippen molar-refractivity contribution in [2.24, 2.45) is 47.3 Å². The number of rotatable bonds is 0. The Balaban J connectivity index is 1.52. The van der Waals surface area contributed by atoms with Crippen molar-refractivity contribution < 1.29 is 0 Å². The minimum Gasteiger partial charge on any atom is -0.0528 e. The lowest BCUT2D eigenvalue weighted by Crippen LogP contribution is -2.40. The molecule has 0 heterocycles. The van der Waals surface area contributed by atoms with Gasteiger partial charge in [0.1, 0.15) is 0 Å². The highest BCUT2D eigenvalue weighted by molar-refractivity contribution is 5.10. The summed E-state index contributed by atoms with van der Waals surface area (Å²) in [7, 11) is 0. The van der Waals surface area contributed by atoms with Crippen molar-refractivity contribution in [3.8, 4) is 0 Å². The van der Waals surface area contributed by atoms with E-state index < -0.39 is 0 Å². The quantitative estimate of drug-likeness (QED) is 0.575. The molecule has 5 aliphatic rings. The van der Waals surface area contributed by atoms with Gasteiger partial charge in [0.25, 0.3) is 0 Å². The molecule has 5 aliphatic carbocycles. The summed E-state index contributed by atoms with van der Waals surface area (Å²) in [6.07, 6.45) is 14.6. The monoisotopic (exact) mass is 230 g/mol. The molecule has 94 valence electrons. The largest absolute Gasteiger partial charge is 0.0528 e. The van der Waals surface area contributed by atoms with E-state index in [1.165, 1.54) is 35.5 Å². The molecule has 0 aromatic rings. The van der Waals surface area contributed by atoms with Crippen LogP contribution in [-0.2, 0) is 0 Å². The van der Waals surface area contributed by atoms with Crippen LogP contribution in [-0.4, -0.2) is 0 Å². The van der Waals surface area contributed by atoms with Gasteiger partial charge in [-0.05, 0) is 85.9 Å². The Kier molecular flexibility index (Phi) is 1.92. The second kappa shape index (κ2) is 3.31. The highest BCUT2D eigenvalue weighted by Gasteiger charge is 2.62. The zero-order valence-electron chi connectivity index (χ0n) is 11.0. The molecule has 8 unspecified atom stereocenters. The molecular weight excluding hydrogens is 204 g/mol. The van der Waals surface area contributed by atoms with Crippen LogP contribution in [0.15, 0.2) is 0 Å². The Labute approximate surface area is 106 Å². The molecule has 5 rings (SSSR count). The normalized spacial score (nSPS) is 63.5. The molecule has 0 nitrogen and oxygen atoms in total. The van der Waals surface area contributed by atoms with E-state index in [0.29, 0.717) is 0 Å². The van der Waals surface area contributed by atoms with Crippen molar-refractivity contribution >= 4 is 0 Å². The first-order valence-electron chi connectivity index (χ1n) is 8.42. The summed E-state index contributed by atoms with van der Waals surface area (Å²) in [5.74, 6) is 9.58. The smallest absolute Gasteiger partial charge is 0.0321 e. The zero-order chi connectivity index (χ0) is 11.0. The molecule has 17 heavy (non-hydrogen) atoms. The van der Waals surface area contributed by atoms with E-state index in [4.69, 9.17) is 0 Å². The van der Waals surface area contributed by atoms with Crippen LogP contribution >= 0.6 is 0 Å². The van der Waals surface area contributed by atoms with Crippen LogP contribution in [0.4, 0.5) is 0 Å². The van der Waals surface area contributed by atoms with Crippen LogP contribution in [0.1, 0.15) is 57.8 Å². The summed E-state index contributed by atoms with van der Waals surface area (Å²) in [6, 6.07) is 0. The Hall–Kier alpha value is 0. The number of hydrogen-bond acceptors (Lipinski definition) is 0. The average molecular weight is 230 g/mol. The predicted octanol–water partition coefficient (Wildman–Crippen LogP) is 4.49. The highest BCUT2D eigenvalue weighted by atomic mass is 14.7. The lowest BCUT2D eigenvalue weighted by Gasteiger charge is -2.48. The van der Waals surface area contributed by atoms with Gasteiger partial charge >= 0.3 is 0 Å². The summed E-state index contributed by atoms with van der Waals surface area (Å²) in [5.41, 5.74) is 0. The van der Waals surface area contributed by atoms with Gasteiger partial charge < -0.3 is 0 Å². The van der Waals surface area contributed by atoms with E-state index in [9.17, 15) is 0 Å². The fraction of sp³-hybridized carbons (Fsp3) is 1.00. The second-order valence-corrected chi connectivity index (χ2v) is 8.07. The van der Waals surface area contributed by atoms with Crippen LogP contribution < -0.4 is 0 Å². The van der Waals surface area contributed by atoms with E-state index in [1.807, 2.05) is 0 Å². The van der Waals surface area contributed by atoms with Gasteiger partial charge in [-0.2, -0.15) is 0 Å². The molecule has 0 aromatic carbocycles. The molecule has 5 saturated carbocycles. The predicted molar refractivity (Wildman–Crippen MR) is 69.5 cm³/mol. The van der Waals surface area contributed by atoms with E-state index >= 15 is 0 Å².